The molecule has 0 unspecified atom stereocenters. The van der Waals surface area contributed by atoms with Gasteiger partial charge in [-0.25, -0.2) is 0 Å². The van der Waals surface area contributed by atoms with E-state index in [4.69, 9.17) is 15.5 Å². The van der Waals surface area contributed by atoms with E-state index in [-0.39, 0.29) is 35.5 Å². The van der Waals surface area contributed by atoms with Gasteiger partial charge in [0.1, 0.15) is 0 Å². The maximum Gasteiger partial charge on any atom is 1.00 e. The van der Waals surface area contributed by atoms with Gasteiger partial charge in [0.15, 0.2) is 5.96 Å². The minimum Gasteiger partial charge on any atom is -0.444 e. The molecular formula is CH5N4NaO2. The van der Waals surface area contributed by atoms with Crippen LogP contribution in [0.5, 0.6) is 0 Å². The standard InChI is InChI=1S/CH5N3.HNO2.Na/c2-1(3)4;2-1-3;/h(H5,2,3,4);(H,2,3);/q;;+1/p-1. The van der Waals surface area contributed by atoms with E-state index >= 15 is 0 Å². The summed E-state index contributed by atoms with van der Waals surface area (Å²) in [5.41, 5.74) is 8.94. The molecule has 0 rings (SSSR count). The first-order valence-corrected chi connectivity index (χ1v) is 1.19. The Morgan fingerprint density at radius 3 is 1.62 bits per heavy atom. The molecule has 0 aliphatic carbocycles. The first-order chi connectivity index (χ1) is 3.15. The summed E-state index contributed by atoms with van der Waals surface area (Å²) in [5, 5.41) is 15.1. The van der Waals surface area contributed by atoms with E-state index in [2.05, 4.69) is 11.5 Å². The van der Waals surface area contributed by atoms with Gasteiger partial charge in [0.25, 0.3) is 0 Å². The summed E-state index contributed by atoms with van der Waals surface area (Å²) < 4.78 is 0. The van der Waals surface area contributed by atoms with Gasteiger partial charge in [-0.1, -0.05) is 0 Å². The molecule has 0 radical (unpaired) electrons. The molecular weight excluding hydrogens is 123 g/mol. The Morgan fingerprint density at radius 1 is 1.62 bits per heavy atom. The van der Waals surface area contributed by atoms with Gasteiger partial charge < -0.3 is 21.6 Å². The molecule has 7 heteroatoms. The van der Waals surface area contributed by atoms with E-state index in [1.807, 2.05) is 0 Å². The SMILES string of the molecule is N=C(N)N.O=N[O-].[Na+]. The second kappa shape index (κ2) is 15.9. The van der Waals surface area contributed by atoms with E-state index in [1.54, 1.807) is 0 Å². The van der Waals surface area contributed by atoms with Gasteiger partial charge in [0.05, 0.1) is 0 Å². The van der Waals surface area contributed by atoms with Crippen LogP contribution in [0.4, 0.5) is 0 Å². The third-order valence-corrected chi connectivity index (χ3v) is 0. The van der Waals surface area contributed by atoms with Crippen molar-refractivity contribution in [3.05, 3.63) is 10.1 Å². The van der Waals surface area contributed by atoms with E-state index in [0.717, 1.165) is 5.34 Å². The normalized spacial score (nSPS) is 4.50. The maximum atomic E-state index is 8.00. The van der Waals surface area contributed by atoms with E-state index < -0.39 is 0 Å². The monoisotopic (exact) mass is 128 g/mol. The molecule has 0 atom stereocenters. The van der Waals surface area contributed by atoms with Crippen molar-refractivity contribution in [3.8, 4) is 0 Å². The molecule has 0 amide bonds. The summed E-state index contributed by atoms with van der Waals surface area (Å²) in [4.78, 5) is 8.00. The topological polar surface area (TPSA) is 128 Å². The molecule has 0 bridgehead atoms. The van der Waals surface area contributed by atoms with Gasteiger partial charge in [-0.15, -0.1) is 5.34 Å². The van der Waals surface area contributed by atoms with Crippen molar-refractivity contribution >= 4 is 5.96 Å². The van der Waals surface area contributed by atoms with Crippen LogP contribution in [-0.4, -0.2) is 5.96 Å². The molecule has 0 aromatic heterocycles. The minimum absolute atomic E-state index is 0. The third kappa shape index (κ3) is 1140. The number of nitrogens with one attached hydrogen (secondary N) is 1. The third-order valence-electron chi connectivity index (χ3n) is 0. The number of nitrogens with zero attached hydrogens (tertiary/aromatic N) is 1. The van der Waals surface area contributed by atoms with Crippen molar-refractivity contribution in [3.63, 3.8) is 0 Å². The fourth-order valence-corrected chi connectivity index (χ4v) is 0. The Balaban J connectivity index is -0.0000000575. The molecule has 6 nitrogen and oxygen atoms in total. The molecule has 0 aromatic carbocycles. The van der Waals surface area contributed by atoms with Gasteiger partial charge in [0, 0.05) is 0 Å². The molecule has 42 valence electrons. The van der Waals surface area contributed by atoms with Crippen LogP contribution < -0.4 is 41.0 Å². The fourth-order valence-electron chi connectivity index (χ4n) is 0. The molecule has 0 aliphatic heterocycles. The quantitative estimate of drug-likeness (QED) is 0.101. The van der Waals surface area contributed by atoms with Crippen molar-refractivity contribution in [2.24, 2.45) is 16.8 Å². The second-order valence-electron chi connectivity index (χ2n) is 0.530. The number of hydrogen-bond acceptors (Lipinski definition) is 4. The van der Waals surface area contributed by atoms with Gasteiger partial charge in [-0.3, -0.25) is 5.41 Å². The zero-order valence-corrected chi connectivity index (χ0v) is 6.42. The second-order valence-corrected chi connectivity index (χ2v) is 0.530. The predicted octanol–water partition coefficient (Wildman–Crippen LogP) is -3.91. The minimum atomic E-state index is -0.333. The van der Waals surface area contributed by atoms with Crippen LogP contribution in [0.15, 0.2) is 5.34 Å². The number of guanidine groups is 1. The maximum absolute atomic E-state index is 8.00. The average Bonchev–Trinajstić information content (AvgIpc) is 1.33. The Bertz CT molecular complexity index is 61.1. The number of hydrogen-bond donors (Lipinski definition) is 3. The van der Waals surface area contributed by atoms with Crippen molar-refractivity contribution in [2.75, 3.05) is 0 Å². The summed E-state index contributed by atoms with van der Waals surface area (Å²) in [6.07, 6.45) is 0. The van der Waals surface area contributed by atoms with Crippen molar-refractivity contribution < 1.29 is 29.6 Å². The number of nitrogens with two attached hydrogens (primary N) is 2. The van der Waals surface area contributed by atoms with Crippen LogP contribution in [0.2, 0.25) is 0 Å². The zero-order valence-electron chi connectivity index (χ0n) is 4.42. The Hall–Kier alpha value is -0.330. The zero-order chi connectivity index (χ0) is 6.28. The van der Waals surface area contributed by atoms with Crippen LogP contribution in [0.25, 0.3) is 0 Å². The first kappa shape index (κ1) is 15.6. The largest absolute Gasteiger partial charge is 1.00 e. The summed E-state index contributed by atoms with van der Waals surface area (Å²) in [5.74, 6) is -0.333. The summed E-state index contributed by atoms with van der Waals surface area (Å²) in [6.45, 7) is 0. The summed E-state index contributed by atoms with van der Waals surface area (Å²) in [7, 11) is 0. The number of rotatable bonds is 0. The van der Waals surface area contributed by atoms with Crippen molar-refractivity contribution in [1.82, 2.24) is 0 Å². The van der Waals surface area contributed by atoms with Crippen molar-refractivity contribution in [1.29, 1.82) is 5.41 Å². The molecule has 8 heavy (non-hydrogen) atoms. The van der Waals surface area contributed by atoms with E-state index in [0.29, 0.717) is 0 Å². The molecule has 0 heterocycles. The van der Waals surface area contributed by atoms with Crippen LogP contribution in [0.3, 0.4) is 0 Å². The van der Waals surface area contributed by atoms with Gasteiger partial charge in [0.2, 0.25) is 0 Å². The van der Waals surface area contributed by atoms with Crippen molar-refractivity contribution in [2.45, 2.75) is 0 Å². The van der Waals surface area contributed by atoms with Crippen LogP contribution in [0.1, 0.15) is 0 Å². The Kier molecular flexibility index (Phi) is 31.1. The summed E-state index contributed by atoms with van der Waals surface area (Å²) >= 11 is 0. The molecule has 5 N–H and O–H groups in total. The molecule has 0 fully saturated rings. The molecule has 0 aliphatic rings. The molecule has 0 saturated heterocycles. The average molecular weight is 128 g/mol. The predicted molar refractivity (Wildman–Crippen MR) is 25.3 cm³/mol. The van der Waals surface area contributed by atoms with Crippen LogP contribution in [0, 0.1) is 15.5 Å². The van der Waals surface area contributed by atoms with E-state index in [9.17, 15) is 0 Å². The molecule has 0 spiro atoms. The van der Waals surface area contributed by atoms with E-state index in [1.165, 1.54) is 0 Å². The van der Waals surface area contributed by atoms with Gasteiger partial charge in [-0.2, -0.15) is 0 Å². The van der Waals surface area contributed by atoms with Gasteiger partial charge >= 0.3 is 29.6 Å². The smallest absolute Gasteiger partial charge is 0.444 e. The Morgan fingerprint density at radius 2 is 1.62 bits per heavy atom. The molecule has 0 aromatic rings. The Labute approximate surface area is 68.0 Å². The van der Waals surface area contributed by atoms with Crippen LogP contribution >= 0.6 is 0 Å². The van der Waals surface area contributed by atoms with Gasteiger partial charge in [-0.05, 0) is 0 Å². The summed E-state index contributed by atoms with van der Waals surface area (Å²) in [6, 6.07) is 0. The fraction of sp³-hybridized carbons (Fsp3) is 0. The van der Waals surface area contributed by atoms with Crippen LogP contribution in [-0.2, 0) is 0 Å². The first-order valence-electron chi connectivity index (χ1n) is 1.19. The molecule has 0 saturated carbocycles.